The summed E-state index contributed by atoms with van der Waals surface area (Å²) in [6.07, 6.45) is 6.14. The molecule has 0 saturated carbocycles. The molecule has 0 bridgehead atoms. The quantitative estimate of drug-likeness (QED) is 0.567. The summed E-state index contributed by atoms with van der Waals surface area (Å²) >= 11 is 0. The molecule has 2 heteroatoms. The maximum atomic E-state index is 4.65. The van der Waals surface area contributed by atoms with E-state index in [4.69, 9.17) is 0 Å². The Kier molecular flexibility index (Phi) is 4.10. The van der Waals surface area contributed by atoms with Crippen molar-refractivity contribution in [3.63, 3.8) is 0 Å². The molecule has 0 amide bonds. The fraction of sp³-hybridized carbons (Fsp3) is 0.400. The van der Waals surface area contributed by atoms with E-state index in [9.17, 15) is 0 Å². The Bertz CT molecular complexity index is 739. The fourth-order valence-electron chi connectivity index (χ4n) is 3.17. The van der Waals surface area contributed by atoms with Gasteiger partial charge in [0.05, 0.1) is 11.0 Å². The van der Waals surface area contributed by atoms with E-state index >= 15 is 0 Å². The molecule has 0 aliphatic rings. The summed E-state index contributed by atoms with van der Waals surface area (Å²) in [4.78, 5) is 9.30. The molecule has 0 aliphatic carbocycles. The predicted octanol–water partition coefficient (Wildman–Crippen LogP) is 5.81. The molecular formula is C20H24N2. The van der Waals surface area contributed by atoms with E-state index in [1.165, 1.54) is 21.9 Å². The molecule has 2 unspecified atom stereocenters. The van der Waals surface area contributed by atoms with Crippen molar-refractivity contribution in [2.24, 2.45) is 0 Å². The number of benzene rings is 1. The van der Waals surface area contributed by atoms with Gasteiger partial charge in [-0.25, -0.2) is 0 Å². The second-order valence-electron chi connectivity index (χ2n) is 6.28. The minimum absolute atomic E-state index is 0.542. The van der Waals surface area contributed by atoms with Crippen LogP contribution in [0.2, 0.25) is 0 Å². The van der Waals surface area contributed by atoms with Gasteiger partial charge in [-0.3, -0.25) is 9.97 Å². The number of fused-ring (bicyclic) bond motifs is 3. The maximum absolute atomic E-state index is 4.65. The molecule has 2 aromatic heterocycles. The van der Waals surface area contributed by atoms with Gasteiger partial charge in [-0.1, -0.05) is 39.8 Å². The van der Waals surface area contributed by atoms with Gasteiger partial charge in [-0.15, -0.1) is 0 Å². The van der Waals surface area contributed by atoms with Crippen molar-refractivity contribution < 1.29 is 0 Å². The lowest BCUT2D eigenvalue weighted by Crippen LogP contribution is -1.98. The Morgan fingerprint density at radius 3 is 1.50 bits per heavy atom. The van der Waals surface area contributed by atoms with Gasteiger partial charge < -0.3 is 0 Å². The molecule has 0 saturated heterocycles. The van der Waals surface area contributed by atoms with Crippen LogP contribution in [-0.2, 0) is 0 Å². The van der Waals surface area contributed by atoms with Crippen LogP contribution in [0.1, 0.15) is 63.5 Å². The zero-order chi connectivity index (χ0) is 15.7. The molecular weight excluding hydrogens is 268 g/mol. The molecule has 0 N–H and O–H groups in total. The topological polar surface area (TPSA) is 25.8 Å². The molecule has 2 nitrogen and oxygen atoms in total. The maximum Gasteiger partial charge on any atom is 0.0967 e. The van der Waals surface area contributed by atoms with Crippen molar-refractivity contribution in [3.8, 4) is 0 Å². The largest absolute Gasteiger partial charge is 0.254 e. The Morgan fingerprint density at radius 2 is 1.14 bits per heavy atom. The number of hydrogen-bond acceptors (Lipinski definition) is 2. The lowest BCUT2D eigenvalue weighted by Gasteiger charge is -2.15. The standard InChI is InChI=1S/C20H24N2/c1-5-13(3)15-9-11-21-19-17(15)7-8-18-16(14(4)6-2)10-12-22-20(18)19/h7-14H,5-6H2,1-4H3. The monoisotopic (exact) mass is 292 g/mol. The van der Waals surface area contributed by atoms with Gasteiger partial charge in [-0.2, -0.15) is 0 Å². The van der Waals surface area contributed by atoms with E-state index in [1.807, 2.05) is 12.4 Å². The van der Waals surface area contributed by atoms with E-state index in [-0.39, 0.29) is 0 Å². The number of pyridine rings is 2. The summed E-state index contributed by atoms with van der Waals surface area (Å²) in [5, 5.41) is 2.50. The van der Waals surface area contributed by atoms with Crippen LogP contribution in [0.5, 0.6) is 0 Å². The second kappa shape index (κ2) is 6.04. The van der Waals surface area contributed by atoms with Crippen molar-refractivity contribution in [3.05, 3.63) is 47.8 Å². The summed E-state index contributed by atoms with van der Waals surface area (Å²) in [5.74, 6) is 1.08. The Labute approximate surface area is 132 Å². The van der Waals surface area contributed by atoms with E-state index < -0.39 is 0 Å². The third-order valence-corrected chi connectivity index (χ3v) is 4.98. The lowest BCUT2D eigenvalue weighted by atomic mass is 9.91. The molecule has 22 heavy (non-hydrogen) atoms. The van der Waals surface area contributed by atoms with Crippen molar-refractivity contribution in [1.82, 2.24) is 9.97 Å². The fourth-order valence-corrected chi connectivity index (χ4v) is 3.17. The lowest BCUT2D eigenvalue weighted by molar-refractivity contribution is 0.738. The average molecular weight is 292 g/mol. The molecule has 0 aliphatic heterocycles. The predicted molar refractivity (Wildman–Crippen MR) is 94.5 cm³/mol. The second-order valence-corrected chi connectivity index (χ2v) is 6.28. The SMILES string of the molecule is CCC(C)c1ccnc2c1ccc1c(C(C)CC)ccnc12. The number of rotatable bonds is 4. The van der Waals surface area contributed by atoms with Crippen LogP contribution in [0.4, 0.5) is 0 Å². The molecule has 3 aromatic rings. The number of hydrogen-bond donors (Lipinski definition) is 0. The van der Waals surface area contributed by atoms with Crippen LogP contribution in [0.15, 0.2) is 36.7 Å². The van der Waals surface area contributed by atoms with E-state index in [1.54, 1.807) is 0 Å². The summed E-state index contributed by atoms with van der Waals surface area (Å²) < 4.78 is 0. The Hall–Kier alpha value is -1.96. The van der Waals surface area contributed by atoms with Gasteiger partial charge in [0.2, 0.25) is 0 Å². The molecule has 2 heterocycles. The smallest absolute Gasteiger partial charge is 0.0967 e. The van der Waals surface area contributed by atoms with E-state index in [0.717, 1.165) is 23.9 Å². The first kappa shape index (κ1) is 15.0. The summed E-state index contributed by atoms with van der Waals surface area (Å²) in [6, 6.07) is 8.78. The van der Waals surface area contributed by atoms with Gasteiger partial charge >= 0.3 is 0 Å². The van der Waals surface area contributed by atoms with Gasteiger partial charge in [-0.05, 0) is 47.9 Å². The molecule has 0 radical (unpaired) electrons. The molecule has 0 spiro atoms. The van der Waals surface area contributed by atoms with Crippen LogP contribution in [0.25, 0.3) is 21.8 Å². The molecule has 0 fully saturated rings. The summed E-state index contributed by atoms with van der Waals surface area (Å²) in [7, 11) is 0. The zero-order valence-corrected chi connectivity index (χ0v) is 13.9. The van der Waals surface area contributed by atoms with Crippen LogP contribution in [0.3, 0.4) is 0 Å². The first-order valence-electron chi connectivity index (χ1n) is 8.33. The van der Waals surface area contributed by atoms with Gasteiger partial charge in [0, 0.05) is 23.2 Å². The van der Waals surface area contributed by atoms with Crippen LogP contribution in [0, 0.1) is 0 Å². The van der Waals surface area contributed by atoms with Gasteiger partial charge in [0.15, 0.2) is 0 Å². The van der Waals surface area contributed by atoms with Gasteiger partial charge in [0.25, 0.3) is 0 Å². The average Bonchev–Trinajstić information content (AvgIpc) is 2.59. The highest BCUT2D eigenvalue weighted by atomic mass is 14.7. The van der Waals surface area contributed by atoms with E-state index in [2.05, 4.69) is 61.9 Å². The zero-order valence-electron chi connectivity index (χ0n) is 13.9. The van der Waals surface area contributed by atoms with Crippen molar-refractivity contribution >= 4 is 21.8 Å². The Balaban J connectivity index is 2.33. The van der Waals surface area contributed by atoms with Crippen molar-refractivity contribution in [2.75, 3.05) is 0 Å². The summed E-state index contributed by atoms with van der Waals surface area (Å²) in [5.41, 5.74) is 4.84. The van der Waals surface area contributed by atoms with Gasteiger partial charge in [0.1, 0.15) is 0 Å². The van der Waals surface area contributed by atoms with E-state index in [0.29, 0.717) is 11.8 Å². The highest BCUT2D eigenvalue weighted by Gasteiger charge is 2.14. The molecule has 3 rings (SSSR count). The normalized spacial score (nSPS) is 14.4. The van der Waals surface area contributed by atoms with Crippen molar-refractivity contribution in [1.29, 1.82) is 0 Å². The first-order valence-corrected chi connectivity index (χ1v) is 8.33. The molecule has 2 atom stereocenters. The highest BCUT2D eigenvalue weighted by Crippen LogP contribution is 2.33. The van der Waals surface area contributed by atoms with Crippen LogP contribution >= 0.6 is 0 Å². The minimum Gasteiger partial charge on any atom is -0.254 e. The molecule has 1 aromatic carbocycles. The third kappa shape index (κ3) is 2.37. The first-order chi connectivity index (χ1) is 10.7. The summed E-state index contributed by atoms with van der Waals surface area (Å²) in [6.45, 7) is 9.03. The van der Waals surface area contributed by atoms with Crippen molar-refractivity contribution in [2.45, 2.75) is 52.4 Å². The highest BCUT2D eigenvalue weighted by molar-refractivity contribution is 6.05. The van der Waals surface area contributed by atoms with Crippen LogP contribution in [-0.4, -0.2) is 9.97 Å². The third-order valence-electron chi connectivity index (χ3n) is 4.98. The minimum atomic E-state index is 0.542. The Morgan fingerprint density at radius 1 is 0.727 bits per heavy atom. The molecule has 114 valence electrons. The number of nitrogens with zero attached hydrogens (tertiary/aromatic N) is 2. The number of aromatic nitrogens is 2. The van der Waals surface area contributed by atoms with Crippen LogP contribution < -0.4 is 0 Å².